The third-order valence-corrected chi connectivity index (χ3v) is 4.05. The van der Waals surface area contributed by atoms with Crippen LogP contribution in [0.4, 0.5) is 11.4 Å². The zero-order valence-corrected chi connectivity index (χ0v) is 13.2. The number of fused-ring (bicyclic) bond motifs is 1. The lowest BCUT2D eigenvalue weighted by atomic mass is 10.0. The van der Waals surface area contributed by atoms with E-state index in [0.717, 1.165) is 25.5 Å². The van der Waals surface area contributed by atoms with Crippen LogP contribution in [-0.2, 0) is 13.6 Å². The number of benzene rings is 1. The van der Waals surface area contributed by atoms with Crippen LogP contribution in [0.2, 0.25) is 0 Å². The van der Waals surface area contributed by atoms with E-state index in [1.165, 1.54) is 11.4 Å². The predicted octanol–water partition coefficient (Wildman–Crippen LogP) is 2.44. The maximum absolute atomic E-state index is 4.35. The second-order valence-electron chi connectivity index (χ2n) is 6.53. The van der Waals surface area contributed by atoms with Gasteiger partial charge < -0.3 is 9.80 Å². The molecule has 2 heterocycles. The molecular formula is C16H23N5. The van der Waals surface area contributed by atoms with Crippen LogP contribution in [0.5, 0.6) is 0 Å². The largest absolute Gasteiger partial charge is 0.363 e. The minimum Gasteiger partial charge on any atom is -0.363 e. The van der Waals surface area contributed by atoms with Gasteiger partial charge in [0.2, 0.25) is 0 Å². The van der Waals surface area contributed by atoms with Crippen molar-refractivity contribution in [1.29, 1.82) is 0 Å². The quantitative estimate of drug-likeness (QED) is 0.849. The summed E-state index contributed by atoms with van der Waals surface area (Å²) < 4.78 is 1.85. The average molecular weight is 285 g/mol. The number of aromatic nitrogens is 3. The topological polar surface area (TPSA) is 37.2 Å². The Bertz CT molecular complexity index is 626. The molecule has 1 aromatic heterocycles. The summed E-state index contributed by atoms with van der Waals surface area (Å²) in [6.07, 6.45) is 1.62. The molecule has 3 rings (SSSR count). The number of para-hydroxylation sites is 2. The average Bonchev–Trinajstić information content (AvgIpc) is 2.83. The van der Waals surface area contributed by atoms with Crippen molar-refractivity contribution in [2.45, 2.75) is 32.9 Å². The molecule has 112 valence electrons. The van der Waals surface area contributed by atoms with Crippen LogP contribution in [0.3, 0.4) is 0 Å². The highest BCUT2D eigenvalue weighted by Gasteiger charge is 2.29. The molecule has 0 atom stereocenters. The summed E-state index contributed by atoms with van der Waals surface area (Å²) in [5, 5.41) is 4.16. The summed E-state index contributed by atoms with van der Waals surface area (Å²) >= 11 is 0. The van der Waals surface area contributed by atoms with Crippen molar-refractivity contribution in [3.8, 4) is 0 Å². The van der Waals surface area contributed by atoms with E-state index in [0.29, 0.717) is 0 Å². The number of hydrogen-bond donors (Lipinski definition) is 0. The monoisotopic (exact) mass is 285 g/mol. The lowest BCUT2D eigenvalue weighted by Gasteiger charge is -2.45. The first kappa shape index (κ1) is 13.9. The first-order valence-electron chi connectivity index (χ1n) is 7.41. The molecule has 1 aliphatic rings. The second-order valence-corrected chi connectivity index (χ2v) is 6.53. The van der Waals surface area contributed by atoms with Crippen LogP contribution in [-0.4, -0.2) is 33.4 Å². The Kier molecular flexibility index (Phi) is 3.35. The number of aryl methyl sites for hydroxylation is 1. The summed E-state index contributed by atoms with van der Waals surface area (Å²) in [6, 6.07) is 8.63. The van der Waals surface area contributed by atoms with Gasteiger partial charge in [-0.3, -0.25) is 4.68 Å². The summed E-state index contributed by atoms with van der Waals surface area (Å²) in [4.78, 5) is 9.22. The molecule has 5 heteroatoms. The Morgan fingerprint density at radius 1 is 1.10 bits per heavy atom. The van der Waals surface area contributed by atoms with Crippen molar-refractivity contribution in [1.82, 2.24) is 14.8 Å². The first-order valence-corrected chi connectivity index (χ1v) is 7.41. The van der Waals surface area contributed by atoms with Gasteiger partial charge in [-0.05, 0) is 32.9 Å². The molecule has 0 aliphatic carbocycles. The highest BCUT2D eigenvalue weighted by molar-refractivity contribution is 5.74. The van der Waals surface area contributed by atoms with Gasteiger partial charge in [0.15, 0.2) is 0 Å². The van der Waals surface area contributed by atoms with E-state index < -0.39 is 0 Å². The molecule has 0 N–H and O–H groups in total. The molecule has 21 heavy (non-hydrogen) atoms. The van der Waals surface area contributed by atoms with Gasteiger partial charge in [0.05, 0.1) is 17.9 Å². The molecule has 1 aliphatic heterocycles. The van der Waals surface area contributed by atoms with Gasteiger partial charge in [-0.25, -0.2) is 4.98 Å². The highest BCUT2D eigenvalue weighted by atomic mass is 15.4. The van der Waals surface area contributed by atoms with E-state index in [9.17, 15) is 0 Å². The van der Waals surface area contributed by atoms with Crippen LogP contribution >= 0.6 is 0 Å². The molecule has 1 aromatic carbocycles. The maximum Gasteiger partial charge on any atom is 0.146 e. The standard InChI is InChI=1S/C16H23N5/c1-16(2,3)21-10-9-20(11-15-17-12-18-19(15)4)13-7-5-6-8-14(13)21/h5-8,12H,9-11H2,1-4H3. The van der Waals surface area contributed by atoms with E-state index in [4.69, 9.17) is 0 Å². The van der Waals surface area contributed by atoms with Crippen molar-refractivity contribution in [3.63, 3.8) is 0 Å². The smallest absolute Gasteiger partial charge is 0.146 e. The maximum atomic E-state index is 4.35. The Labute approximate surface area is 126 Å². The molecule has 0 fully saturated rings. The van der Waals surface area contributed by atoms with Gasteiger partial charge in [-0.1, -0.05) is 12.1 Å². The van der Waals surface area contributed by atoms with E-state index in [1.54, 1.807) is 6.33 Å². The molecular weight excluding hydrogens is 262 g/mol. The molecule has 2 aromatic rings. The van der Waals surface area contributed by atoms with E-state index >= 15 is 0 Å². The highest BCUT2D eigenvalue weighted by Crippen LogP contribution is 2.37. The number of nitrogens with zero attached hydrogens (tertiary/aromatic N) is 5. The summed E-state index contributed by atoms with van der Waals surface area (Å²) in [6.45, 7) is 9.62. The van der Waals surface area contributed by atoms with Crippen LogP contribution in [0.15, 0.2) is 30.6 Å². The van der Waals surface area contributed by atoms with Gasteiger partial charge >= 0.3 is 0 Å². The second kappa shape index (κ2) is 5.06. The van der Waals surface area contributed by atoms with Crippen LogP contribution < -0.4 is 9.80 Å². The number of rotatable bonds is 2. The Hall–Kier alpha value is -2.04. The third kappa shape index (κ3) is 2.60. The molecule has 5 nitrogen and oxygen atoms in total. The molecule has 0 saturated carbocycles. The zero-order valence-electron chi connectivity index (χ0n) is 13.2. The predicted molar refractivity (Wildman–Crippen MR) is 85.6 cm³/mol. The van der Waals surface area contributed by atoms with Crippen molar-refractivity contribution in [3.05, 3.63) is 36.4 Å². The van der Waals surface area contributed by atoms with Crippen LogP contribution in [0, 0.1) is 0 Å². The normalized spacial score (nSPS) is 15.2. The van der Waals surface area contributed by atoms with Gasteiger partial charge in [0.25, 0.3) is 0 Å². The Morgan fingerprint density at radius 3 is 2.43 bits per heavy atom. The minimum atomic E-state index is 0.132. The van der Waals surface area contributed by atoms with Crippen LogP contribution in [0.1, 0.15) is 26.6 Å². The zero-order chi connectivity index (χ0) is 15.0. The van der Waals surface area contributed by atoms with E-state index in [1.807, 2.05) is 11.7 Å². The molecule has 0 spiro atoms. The lowest BCUT2D eigenvalue weighted by Crippen LogP contribution is -2.49. The fourth-order valence-electron chi connectivity index (χ4n) is 2.92. The van der Waals surface area contributed by atoms with E-state index in [2.05, 4.69) is 64.9 Å². The van der Waals surface area contributed by atoms with Gasteiger partial charge in [-0.2, -0.15) is 5.10 Å². The molecule has 0 radical (unpaired) electrons. The Balaban J connectivity index is 1.93. The van der Waals surface area contributed by atoms with Crippen molar-refractivity contribution in [2.24, 2.45) is 7.05 Å². The van der Waals surface area contributed by atoms with Crippen molar-refractivity contribution in [2.75, 3.05) is 22.9 Å². The Morgan fingerprint density at radius 2 is 1.81 bits per heavy atom. The fourth-order valence-corrected chi connectivity index (χ4v) is 2.92. The lowest BCUT2D eigenvalue weighted by molar-refractivity contribution is 0.490. The molecule has 0 saturated heterocycles. The van der Waals surface area contributed by atoms with Gasteiger partial charge in [0, 0.05) is 25.7 Å². The molecule has 0 unspecified atom stereocenters. The number of anilines is 2. The fraction of sp³-hybridized carbons (Fsp3) is 0.500. The third-order valence-electron chi connectivity index (χ3n) is 4.05. The summed E-state index contributed by atoms with van der Waals surface area (Å²) in [5.74, 6) is 0.994. The molecule has 0 amide bonds. The molecule has 0 bridgehead atoms. The summed E-state index contributed by atoms with van der Waals surface area (Å²) in [7, 11) is 1.94. The van der Waals surface area contributed by atoms with Crippen LogP contribution in [0.25, 0.3) is 0 Å². The van der Waals surface area contributed by atoms with Crippen molar-refractivity contribution >= 4 is 11.4 Å². The van der Waals surface area contributed by atoms with Gasteiger partial charge in [-0.15, -0.1) is 0 Å². The van der Waals surface area contributed by atoms with Crippen molar-refractivity contribution < 1.29 is 0 Å². The SMILES string of the molecule is Cn1ncnc1CN1CCN(C(C)(C)C)c2ccccc21. The minimum absolute atomic E-state index is 0.132. The van der Waals surface area contributed by atoms with Gasteiger partial charge in [0.1, 0.15) is 12.2 Å². The summed E-state index contributed by atoms with van der Waals surface area (Å²) in [5.41, 5.74) is 2.72. The first-order chi connectivity index (χ1) is 9.97. The van der Waals surface area contributed by atoms with E-state index in [-0.39, 0.29) is 5.54 Å². The number of hydrogen-bond acceptors (Lipinski definition) is 4.